The molecule has 1 aromatic heterocycles. The van der Waals surface area contributed by atoms with E-state index in [1.807, 2.05) is 85.1 Å². The van der Waals surface area contributed by atoms with Crippen molar-refractivity contribution in [1.82, 2.24) is 10.3 Å². The van der Waals surface area contributed by atoms with Gasteiger partial charge in [0.15, 0.2) is 0 Å². The molecule has 0 aliphatic carbocycles. The summed E-state index contributed by atoms with van der Waals surface area (Å²) in [6, 6.07) is 21.9. The lowest BCUT2D eigenvalue weighted by Gasteiger charge is -2.04. The van der Waals surface area contributed by atoms with Crippen molar-refractivity contribution < 1.29 is 39.6 Å². The van der Waals surface area contributed by atoms with Gasteiger partial charge >= 0.3 is 23.9 Å². The molecular formula is C33H48N6O8. The van der Waals surface area contributed by atoms with Gasteiger partial charge in [-0.3, -0.25) is 24.2 Å². The van der Waals surface area contributed by atoms with Gasteiger partial charge in [-0.25, -0.2) is 0 Å². The molecule has 4 unspecified atom stereocenters. The van der Waals surface area contributed by atoms with Crippen LogP contribution in [0.2, 0.25) is 0 Å². The quantitative estimate of drug-likeness (QED) is 0.156. The Hall–Kier alpha value is -4.73. The molecule has 14 nitrogen and oxygen atoms in total. The van der Waals surface area contributed by atoms with Crippen LogP contribution in [0.3, 0.4) is 0 Å². The molecule has 13 N–H and O–H groups in total. The van der Waals surface area contributed by atoms with Crippen LogP contribution in [-0.2, 0) is 38.4 Å². The van der Waals surface area contributed by atoms with Crippen molar-refractivity contribution in [2.24, 2.45) is 22.9 Å². The molecule has 14 heteroatoms. The third-order valence-corrected chi connectivity index (χ3v) is 6.17. The molecule has 0 saturated carbocycles. The summed E-state index contributed by atoms with van der Waals surface area (Å²) < 4.78 is 0. The number of carbonyl (C=O) groups is 4. The summed E-state index contributed by atoms with van der Waals surface area (Å²) in [6.45, 7) is 4.14. The monoisotopic (exact) mass is 656 g/mol. The maximum atomic E-state index is 10.4. The van der Waals surface area contributed by atoms with Crippen molar-refractivity contribution in [3.05, 3.63) is 102 Å². The normalized spacial score (nSPS) is 16.3. The van der Waals surface area contributed by atoms with Crippen LogP contribution in [0.15, 0.2) is 85.1 Å². The lowest BCUT2D eigenvalue weighted by molar-refractivity contribution is -0.139. The first kappa shape index (κ1) is 42.3. The van der Waals surface area contributed by atoms with Gasteiger partial charge in [-0.05, 0) is 55.9 Å². The Bertz CT molecular complexity index is 1240. The van der Waals surface area contributed by atoms with E-state index < -0.39 is 48.0 Å². The predicted octanol–water partition coefficient (Wildman–Crippen LogP) is 1.10. The Kier molecular flexibility index (Phi) is 22.0. The highest BCUT2D eigenvalue weighted by Crippen LogP contribution is 2.04. The molecule has 3 aromatic rings. The Morgan fingerprint density at radius 2 is 1.19 bits per heavy atom. The third-order valence-electron chi connectivity index (χ3n) is 6.17. The van der Waals surface area contributed by atoms with E-state index in [1.54, 1.807) is 0 Å². The number of benzene rings is 2. The van der Waals surface area contributed by atoms with E-state index in [1.165, 1.54) is 6.92 Å². The lowest BCUT2D eigenvalue weighted by atomic mass is 10.1. The molecule has 2 heterocycles. The van der Waals surface area contributed by atoms with E-state index in [2.05, 4.69) is 17.2 Å². The molecular weight excluding hydrogens is 608 g/mol. The first-order valence-electron chi connectivity index (χ1n) is 14.8. The van der Waals surface area contributed by atoms with Crippen molar-refractivity contribution in [2.75, 3.05) is 6.54 Å². The Balaban J connectivity index is 0.000000575. The molecule has 1 aliphatic heterocycles. The summed E-state index contributed by atoms with van der Waals surface area (Å²) in [4.78, 5) is 44.7. The molecule has 5 atom stereocenters. The third kappa shape index (κ3) is 21.6. The summed E-state index contributed by atoms with van der Waals surface area (Å²) in [7, 11) is 0. The van der Waals surface area contributed by atoms with Crippen LogP contribution in [0.25, 0.3) is 0 Å². The number of carboxylic acid groups (broad SMARTS) is 4. The van der Waals surface area contributed by atoms with Crippen LogP contribution in [0.4, 0.5) is 0 Å². The zero-order valence-electron chi connectivity index (χ0n) is 26.7. The largest absolute Gasteiger partial charge is 0.480 e. The van der Waals surface area contributed by atoms with Gasteiger partial charge in [0.2, 0.25) is 0 Å². The summed E-state index contributed by atoms with van der Waals surface area (Å²) in [6.07, 6.45) is 4.17. The van der Waals surface area contributed by atoms with Gasteiger partial charge in [0.05, 0.1) is 0 Å². The second-order valence-corrected chi connectivity index (χ2v) is 10.4. The minimum absolute atomic E-state index is 0.0195. The average Bonchev–Trinajstić information content (AvgIpc) is 3.50. The number of nitrogens with two attached hydrogens (primary N) is 4. The number of hydrogen-bond acceptors (Lipinski definition) is 10. The zero-order valence-corrected chi connectivity index (χ0v) is 26.7. The molecule has 1 saturated heterocycles. The maximum absolute atomic E-state index is 10.4. The summed E-state index contributed by atoms with van der Waals surface area (Å²) >= 11 is 0. The number of rotatable bonds is 9. The number of aryl methyl sites for hydroxylation is 1. The number of nitrogens with zero attached hydrogens (tertiary/aromatic N) is 1. The topological polar surface area (TPSA) is 278 Å². The fraction of sp³-hybridized carbons (Fsp3) is 0.364. The van der Waals surface area contributed by atoms with Crippen molar-refractivity contribution in [2.45, 2.75) is 69.7 Å². The van der Waals surface area contributed by atoms with E-state index >= 15 is 0 Å². The second-order valence-electron chi connectivity index (χ2n) is 10.4. The van der Waals surface area contributed by atoms with Gasteiger partial charge in [-0.2, -0.15) is 0 Å². The predicted molar refractivity (Wildman–Crippen MR) is 178 cm³/mol. The van der Waals surface area contributed by atoms with Gasteiger partial charge in [-0.15, -0.1) is 0 Å². The van der Waals surface area contributed by atoms with Crippen LogP contribution in [0.5, 0.6) is 0 Å². The molecule has 2 aromatic carbocycles. The highest BCUT2D eigenvalue weighted by molar-refractivity contribution is 5.74. The van der Waals surface area contributed by atoms with Crippen LogP contribution < -0.4 is 28.3 Å². The van der Waals surface area contributed by atoms with Gasteiger partial charge in [0.1, 0.15) is 24.2 Å². The van der Waals surface area contributed by atoms with Crippen molar-refractivity contribution in [3.63, 3.8) is 0 Å². The SMILES string of the molecule is CC(N)C(=O)O.CCc1ccccn1.NC(Cc1ccccc1)C(=O)O.NC(Cc1ccccc1)C(=O)O.NC1CN[C@H](C(=O)O)C1. The number of pyridine rings is 1. The van der Waals surface area contributed by atoms with Crippen molar-refractivity contribution >= 4 is 23.9 Å². The van der Waals surface area contributed by atoms with E-state index in [0.717, 1.165) is 23.2 Å². The molecule has 0 radical (unpaired) electrons. The molecule has 0 amide bonds. The highest BCUT2D eigenvalue weighted by atomic mass is 16.4. The van der Waals surface area contributed by atoms with E-state index in [4.69, 9.17) is 43.4 Å². The van der Waals surface area contributed by atoms with Crippen LogP contribution in [-0.4, -0.2) is 86.0 Å². The van der Waals surface area contributed by atoms with Gasteiger partial charge in [0.25, 0.3) is 0 Å². The summed E-state index contributed by atoms with van der Waals surface area (Å²) in [5.41, 5.74) is 24.0. The molecule has 258 valence electrons. The van der Waals surface area contributed by atoms with Crippen molar-refractivity contribution in [3.8, 4) is 0 Å². The molecule has 4 rings (SSSR count). The molecule has 1 aliphatic rings. The van der Waals surface area contributed by atoms with E-state index in [9.17, 15) is 19.2 Å². The Morgan fingerprint density at radius 3 is 1.43 bits per heavy atom. The Labute approximate surface area is 274 Å². The number of hydrogen-bond donors (Lipinski definition) is 9. The first-order chi connectivity index (χ1) is 22.2. The average molecular weight is 657 g/mol. The summed E-state index contributed by atoms with van der Waals surface area (Å²) in [5.74, 6) is -3.68. The van der Waals surface area contributed by atoms with Gasteiger partial charge < -0.3 is 48.7 Å². The minimum atomic E-state index is -0.963. The molecule has 47 heavy (non-hydrogen) atoms. The maximum Gasteiger partial charge on any atom is 0.320 e. The summed E-state index contributed by atoms with van der Waals surface area (Å²) in [5, 5.41) is 36.1. The minimum Gasteiger partial charge on any atom is -0.480 e. The van der Waals surface area contributed by atoms with Gasteiger partial charge in [0, 0.05) is 24.5 Å². The molecule has 0 bridgehead atoms. The van der Waals surface area contributed by atoms with E-state index in [0.29, 0.717) is 25.8 Å². The van der Waals surface area contributed by atoms with Crippen LogP contribution >= 0.6 is 0 Å². The highest BCUT2D eigenvalue weighted by Gasteiger charge is 2.26. The molecule has 1 fully saturated rings. The smallest absolute Gasteiger partial charge is 0.320 e. The van der Waals surface area contributed by atoms with Crippen LogP contribution in [0.1, 0.15) is 37.1 Å². The van der Waals surface area contributed by atoms with E-state index in [-0.39, 0.29) is 6.04 Å². The fourth-order valence-corrected chi connectivity index (χ4v) is 3.47. The number of nitrogens with one attached hydrogen (secondary N) is 1. The first-order valence-corrected chi connectivity index (χ1v) is 14.8. The zero-order chi connectivity index (χ0) is 35.8. The second kappa shape index (κ2) is 24.5. The Morgan fingerprint density at radius 1 is 0.766 bits per heavy atom. The van der Waals surface area contributed by atoms with Crippen LogP contribution in [0, 0.1) is 0 Å². The van der Waals surface area contributed by atoms with Gasteiger partial charge in [-0.1, -0.05) is 73.7 Å². The standard InChI is InChI=1S/2C9H11NO2.C7H9N.C5H10N2O2.C3H7NO2/c2*10-8(9(11)12)6-7-4-2-1-3-5-7;1-2-7-5-3-4-6-8-7;6-3-1-4(5(8)9)7-2-3;1-2(4)3(5)6/h2*1-5,8H,6,10H2,(H,11,12);3-6H,2H2,1H3;3-4,7H,1-2,6H2,(H,8,9);2H,4H2,1H3,(H,5,6)/t;;;3?,4-;/m...0./s1. The lowest BCUT2D eigenvalue weighted by Crippen LogP contribution is -2.32. The number of aromatic nitrogens is 1. The number of carboxylic acids is 4. The number of aliphatic carboxylic acids is 4. The fourth-order valence-electron chi connectivity index (χ4n) is 3.47. The van der Waals surface area contributed by atoms with Crippen molar-refractivity contribution in [1.29, 1.82) is 0 Å². The molecule has 0 spiro atoms.